The maximum Gasteiger partial charge on any atom is 0.318 e. The average molecular weight is 288 g/mol. The highest BCUT2D eigenvalue weighted by Gasteiger charge is 2.29. The third-order valence-corrected chi connectivity index (χ3v) is 4.06. The van der Waals surface area contributed by atoms with Crippen LogP contribution in [0.1, 0.15) is 31.6 Å². The quantitative estimate of drug-likeness (QED) is 0.912. The molecule has 2 atom stereocenters. The Balaban J connectivity index is 1.70. The molecule has 1 aromatic heterocycles. The van der Waals surface area contributed by atoms with E-state index >= 15 is 0 Å². The number of carbonyl (C=O) groups excluding carboxylic acids is 1. The fourth-order valence-electron chi connectivity index (χ4n) is 2.85. The van der Waals surface area contributed by atoms with Crippen molar-refractivity contribution in [1.29, 1.82) is 0 Å². The Morgan fingerprint density at radius 1 is 1.52 bits per heavy atom. The second-order valence-electron chi connectivity index (χ2n) is 5.53. The second kappa shape index (κ2) is 5.77. The van der Waals surface area contributed by atoms with Gasteiger partial charge in [0.15, 0.2) is 0 Å². The number of likely N-dealkylation sites (tertiary alicyclic amines) is 1. The molecule has 5 nitrogen and oxygen atoms in total. The molecule has 1 aliphatic heterocycles. The van der Waals surface area contributed by atoms with Crippen LogP contribution in [0.5, 0.6) is 0 Å². The van der Waals surface area contributed by atoms with Gasteiger partial charge >= 0.3 is 6.03 Å². The van der Waals surface area contributed by atoms with Gasteiger partial charge in [-0.3, -0.25) is 0 Å². The number of fused-ring (bicyclic) bond motifs is 1. The van der Waals surface area contributed by atoms with Crippen LogP contribution in [0.3, 0.4) is 0 Å². The van der Waals surface area contributed by atoms with Crippen molar-refractivity contribution in [3.05, 3.63) is 36.1 Å². The molecule has 0 radical (unpaired) electrons. The van der Waals surface area contributed by atoms with Gasteiger partial charge in [-0.15, -0.1) is 0 Å². The Labute approximate surface area is 123 Å². The lowest BCUT2D eigenvalue weighted by Gasteiger charge is -2.25. The number of benzene rings is 1. The number of hydrogen-bond donors (Lipinski definition) is 2. The number of hydrogen-bond acceptors (Lipinski definition) is 3. The first kappa shape index (κ1) is 13.9. The molecule has 0 saturated carbocycles. The number of para-hydroxylation sites is 1. The second-order valence-corrected chi connectivity index (χ2v) is 5.53. The Morgan fingerprint density at radius 3 is 3.10 bits per heavy atom. The summed E-state index contributed by atoms with van der Waals surface area (Å²) >= 11 is 0. The number of rotatable bonds is 3. The van der Waals surface area contributed by atoms with Crippen LogP contribution in [0.15, 0.2) is 34.7 Å². The smallest absolute Gasteiger partial charge is 0.318 e. The summed E-state index contributed by atoms with van der Waals surface area (Å²) in [5.41, 5.74) is 0.822. The molecule has 112 valence electrons. The average Bonchev–Trinajstić information content (AvgIpc) is 3.13. The zero-order valence-electron chi connectivity index (χ0n) is 12.1. The Bertz CT molecular complexity index is 604. The van der Waals surface area contributed by atoms with Gasteiger partial charge in [-0.2, -0.15) is 0 Å². The molecule has 2 N–H and O–H groups in total. The zero-order valence-corrected chi connectivity index (χ0v) is 12.1. The normalized spacial score (nSPS) is 19.9. The van der Waals surface area contributed by atoms with Crippen LogP contribution in [0.2, 0.25) is 0 Å². The van der Waals surface area contributed by atoms with Crippen LogP contribution in [-0.2, 0) is 0 Å². The van der Waals surface area contributed by atoms with Crippen molar-refractivity contribution in [2.45, 2.75) is 31.8 Å². The molecule has 0 aliphatic carbocycles. The molecule has 1 fully saturated rings. The minimum absolute atomic E-state index is 0.0203. The minimum atomic E-state index is -0.204. The third-order valence-electron chi connectivity index (χ3n) is 4.06. The molecule has 2 aromatic rings. The highest BCUT2D eigenvalue weighted by molar-refractivity contribution is 5.78. The van der Waals surface area contributed by atoms with Gasteiger partial charge in [-0.25, -0.2) is 4.79 Å². The van der Waals surface area contributed by atoms with Gasteiger partial charge in [0.05, 0.1) is 18.7 Å². The number of carbonyl (C=O) groups is 1. The molecule has 5 heteroatoms. The van der Waals surface area contributed by atoms with Crippen molar-refractivity contribution in [1.82, 2.24) is 10.2 Å². The summed E-state index contributed by atoms with van der Waals surface area (Å²) in [6.45, 7) is 2.62. The summed E-state index contributed by atoms with van der Waals surface area (Å²) in [5.74, 6) is 0.740. The monoisotopic (exact) mass is 288 g/mol. The summed E-state index contributed by atoms with van der Waals surface area (Å²) in [6, 6.07) is 9.33. The van der Waals surface area contributed by atoms with E-state index in [1.54, 1.807) is 4.90 Å². The van der Waals surface area contributed by atoms with Gasteiger partial charge in [0.25, 0.3) is 0 Å². The van der Waals surface area contributed by atoms with E-state index in [-0.39, 0.29) is 24.7 Å². The summed E-state index contributed by atoms with van der Waals surface area (Å²) in [5, 5.41) is 13.3. The molecule has 2 amide bonds. The highest BCUT2D eigenvalue weighted by Crippen LogP contribution is 2.24. The van der Waals surface area contributed by atoms with Gasteiger partial charge < -0.3 is 19.7 Å². The van der Waals surface area contributed by atoms with Crippen molar-refractivity contribution in [3.63, 3.8) is 0 Å². The van der Waals surface area contributed by atoms with Gasteiger partial charge in [-0.1, -0.05) is 18.2 Å². The fourth-order valence-corrected chi connectivity index (χ4v) is 2.85. The Morgan fingerprint density at radius 2 is 2.33 bits per heavy atom. The van der Waals surface area contributed by atoms with Crippen LogP contribution >= 0.6 is 0 Å². The van der Waals surface area contributed by atoms with Crippen LogP contribution < -0.4 is 5.32 Å². The first-order chi connectivity index (χ1) is 10.2. The number of amides is 2. The van der Waals surface area contributed by atoms with Crippen molar-refractivity contribution >= 4 is 17.0 Å². The lowest BCUT2D eigenvalue weighted by molar-refractivity contribution is 0.154. The molecule has 0 bridgehead atoms. The van der Waals surface area contributed by atoms with Crippen LogP contribution in [0, 0.1) is 0 Å². The lowest BCUT2D eigenvalue weighted by Crippen LogP contribution is -2.44. The van der Waals surface area contributed by atoms with Crippen molar-refractivity contribution in [2.24, 2.45) is 0 Å². The van der Waals surface area contributed by atoms with E-state index in [0.717, 1.165) is 29.6 Å². The number of aliphatic hydroxyl groups excluding tert-OH is 1. The molecule has 1 aliphatic rings. The van der Waals surface area contributed by atoms with E-state index in [2.05, 4.69) is 5.32 Å². The summed E-state index contributed by atoms with van der Waals surface area (Å²) in [6.07, 6.45) is 1.81. The number of furan rings is 1. The maximum absolute atomic E-state index is 12.3. The molecule has 2 heterocycles. The van der Waals surface area contributed by atoms with E-state index in [4.69, 9.17) is 4.42 Å². The van der Waals surface area contributed by atoms with E-state index in [9.17, 15) is 9.90 Å². The number of nitrogens with zero attached hydrogens (tertiary/aromatic N) is 1. The highest BCUT2D eigenvalue weighted by atomic mass is 16.3. The van der Waals surface area contributed by atoms with Crippen LogP contribution in [0.25, 0.3) is 11.0 Å². The van der Waals surface area contributed by atoms with Crippen LogP contribution in [0.4, 0.5) is 4.79 Å². The molecule has 2 unspecified atom stereocenters. The standard InChI is InChI=1S/C16H20N2O3/c1-11(15-9-12-5-2-3-7-14(12)21-15)17-16(20)18-8-4-6-13(18)10-19/h2-3,5,7,9,11,13,19H,4,6,8,10H2,1H3,(H,17,20). The molecular weight excluding hydrogens is 268 g/mol. The van der Waals surface area contributed by atoms with Crippen molar-refractivity contribution in [2.75, 3.05) is 13.2 Å². The minimum Gasteiger partial charge on any atom is -0.459 e. The predicted octanol–water partition coefficient (Wildman–Crippen LogP) is 2.66. The van der Waals surface area contributed by atoms with Crippen molar-refractivity contribution in [3.8, 4) is 0 Å². The van der Waals surface area contributed by atoms with E-state index in [1.165, 1.54) is 0 Å². The molecule has 3 rings (SSSR count). The van der Waals surface area contributed by atoms with E-state index < -0.39 is 0 Å². The number of urea groups is 1. The van der Waals surface area contributed by atoms with Crippen LogP contribution in [-0.4, -0.2) is 35.2 Å². The largest absolute Gasteiger partial charge is 0.459 e. The topological polar surface area (TPSA) is 65.7 Å². The summed E-state index contributed by atoms with van der Waals surface area (Å²) in [7, 11) is 0. The van der Waals surface area contributed by atoms with E-state index in [0.29, 0.717) is 6.54 Å². The Kier molecular flexibility index (Phi) is 3.84. The lowest BCUT2D eigenvalue weighted by atomic mass is 10.2. The number of aliphatic hydroxyl groups is 1. The molecule has 1 saturated heterocycles. The van der Waals surface area contributed by atoms with Gasteiger partial charge in [0, 0.05) is 11.9 Å². The molecule has 1 aromatic carbocycles. The predicted molar refractivity (Wildman–Crippen MR) is 80.0 cm³/mol. The Hall–Kier alpha value is -2.01. The first-order valence-corrected chi connectivity index (χ1v) is 7.35. The molecule has 0 spiro atoms. The van der Waals surface area contributed by atoms with Gasteiger partial charge in [0.2, 0.25) is 0 Å². The SMILES string of the molecule is CC(NC(=O)N1CCCC1CO)c1cc2ccccc2o1. The van der Waals surface area contributed by atoms with Gasteiger partial charge in [0.1, 0.15) is 11.3 Å². The number of nitrogens with one attached hydrogen (secondary N) is 1. The van der Waals surface area contributed by atoms with E-state index in [1.807, 2.05) is 37.3 Å². The maximum atomic E-state index is 12.3. The first-order valence-electron chi connectivity index (χ1n) is 7.35. The summed E-state index contributed by atoms with van der Waals surface area (Å²) < 4.78 is 5.76. The zero-order chi connectivity index (χ0) is 14.8. The summed E-state index contributed by atoms with van der Waals surface area (Å²) in [4.78, 5) is 14.0. The molecule has 21 heavy (non-hydrogen) atoms. The van der Waals surface area contributed by atoms with Gasteiger partial charge in [-0.05, 0) is 31.9 Å². The fraction of sp³-hybridized carbons (Fsp3) is 0.438. The molecular formula is C16H20N2O3. The third kappa shape index (κ3) is 2.74. The van der Waals surface area contributed by atoms with Crippen molar-refractivity contribution < 1.29 is 14.3 Å².